The minimum Gasteiger partial charge on any atom is -0.378 e. The Labute approximate surface area is 209 Å². The molecule has 0 radical (unpaired) electrons. The molecule has 0 spiro atoms. The maximum atomic E-state index is 12.5. The molecule has 0 atom stereocenters. The van der Waals surface area contributed by atoms with E-state index in [1.54, 1.807) is 6.07 Å². The van der Waals surface area contributed by atoms with Crippen molar-refractivity contribution < 1.29 is 14.3 Å². The number of thioether (sulfide) groups is 1. The lowest BCUT2D eigenvalue weighted by molar-refractivity contribution is -0.113. The predicted molar refractivity (Wildman–Crippen MR) is 137 cm³/mol. The van der Waals surface area contributed by atoms with Crippen LogP contribution in [-0.2, 0) is 22.6 Å². The second kappa shape index (κ2) is 11.9. The van der Waals surface area contributed by atoms with Crippen LogP contribution in [0.2, 0.25) is 0 Å². The maximum absolute atomic E-state index is 12.5. The number of ether oxygens (including phenoxy) is 1. The number of morpholine rings is 1. The highest BCUT2D eigenvalue weighted by Gasteiger charge is 2.15. The van der Waals surface area contributed by atoms with Gasteiger partial charge in [-0.15, -0.1) is 10.2 Å². The fraction of sp³-hybridized carbons (Fsp3) is 0.360. The highest BCUT2D eigenvalue weighted by molar-refractivity contribution is 7.99. The van der Waals surface area contributed by atoms with Gasteiger partial charge in [-0.1, -0.05) is 29.5 Å². The minimum absolute atomic E-state index is 0.117. The van der Waals surface area contributed by atoms with Gasteiger partial charge in [-0.2, -0.15) is 0 Å². The van der Waals surface area contributed by atoms with Crippen LogP contribution in [0.25, 0.3) is 0 Å². The molecule has 0 unspecified atom stereocenters. The third-order valence-corrected chi connectivity index (χ3v) is 6.62. The Balaban J connectivity index is 1.28. The molecular weight excluding hydrogens is 464 g/mol. The van der Waals surface area contributed by atoms with E-state index in [0.717, 1.165) is 43.2 Å². The van der Waals surface area contributed by atoms with E-state index in [-0.39, 0.29) is 24.1 Å². The van der Waals surface area contributed by atoms with Gasteiger partial charge in [0.1, 0.15) is 0 Å². The van der Waals surface area contributed by atoms with Crippen molar-refractivity contribution in [2.75, 3.05) is 42.3 Å². The number of amides is 2. The Kier molecular flexibility index (Phi) is 8.38. The molecule has 184 valence electrons. The van der Waals surface area contributed by atoms with Crippen LogP contribution in [0.5, 0.6) is 0 Å². The fourth-order valence-corrected chi connectivity index (χ4v) is 4.65. The standard InChI is InChI=1S/C25H30N6O3S/c1-3-31-22(16-26-24(33)19-6-4-5-18(2)15-19)28-29-25(31)35-17-23(32)27-20-7-9-21(10-8-20)30-11-13-34-14-12-30/h4-10,15H,3,11-14,16-17H2,1-2H3,(H,26,33)(H,27,32). The van der Waals surface area contributed by atoms with Crippen LogP contribution in [0, 0.1) is 6.92 Å². The molecule has 0 aliphatic carbocycles. The monoisotopic (exact) mass is 494 g/mol. The summed E-state index contributed by atoms with van der Waals surface area (Å²) in [6, 6.07) is 15.3. The van der Waals surface area contributed by atoms with E-state index in [4.69, 9.17) is 4.74 Å². The zero-order valence-corrected chi connectivity index (χ0v) is 20.8. The molecule has 9 nitrogen and oxygen atoms in total. The van der Waals surface area contributed by atoms with Crippen molar-refractivity contribution >= 4 is 35.0 Å². The third kappa shape index (κ3) is 6.61. The first kappa shape index (κ1) is 24.7. The SMILES string of the molecule is CCn1c(CNC(=O)c2cccc(C)c2)nnc1SCC(=O)Nc1ccc(N2CCOCC2)cc1. The van der Waals surface area contributed by atoms with Crippen molar-refractivity contribution in [3.63, 3.8) is 0 Å². The van der Waals surface area contributed by atoms with Crippen LogP contribution in [0.1, 0.15) is 28.7 Å². The highest BCUT2D eigenvalue weighted by Crippen LogP contribution is 2.21. The van der Waals surface area contributed by atoms with Gasteiger partial charge in [0.05, 0.1) is 25.5 Å². The first-order valence-electron chi connectivity index (χ1n) is 11.7. The number of hydrogen-bond donors (Lipinski definition) is 2. The average Bonchev–Trinajstić information content (AvgIpc) is 3.28. The van der Waals surface area contributed by atoms with Gasteiger partial charge in [-0.3, -0.25) is 9.59 Å². The third-order valence-electron chi connectivity index (χ3n) is 5.66. The summed E-state index contributed by atoms with van der Waals surface area (Å²) in [5, 5.41) is 14.9. The van der Waals surface area contributed by atoms with Gasteiger partial charge in [-0.05, 0) is 50.2 Å². The summed E-state index contributed by atoms with van der Waals surface area (Å²) in [6.45, 7) is 8.04. The smallest absolute Gasteiger partial charge is 0.251 e. The molecule has 1 fully saturated rings. The van der Waals surface area contributed by atoms with Crippen molar-refractivity contribution in [3.05, 3.63) is 65.5 Å². The number of aryl methyl sites for hydroxylation is 1. The molecule has 35 heavy (non-hydrogen) atoms. The van der Waals surface area contributed by atoms with E-state index in [9.17, 15) is 9.59 Å². The summed E-state index contributed by atoms with van der Waals surface area (Å²) >= 11 is 1.32. The first-order chi connectivity index (χ1) is 17.0. The zero-order chi connectivity index (χ0) is 24.6. The van der Waals surface area contributed by atoms with Crippen molar-refractivity contribution in [1.82, 2.24) is 20.1 Å². The van der Waals surface area contributed by atoms with E-state index >= 15 is 0 Å². The van der Waals surface area contributed by atoms with E-state index in [1.807, 2.05) is 60.9 Å². The Bertz CT molecular complexity index is 1160. The summed E-state index contributed by atoms with van der Waals surface area (Å²) in [6.07, 6.45) is 0. The van der Waals surface area contributed by atoms with Crippen LogP contribution in [-0.4, -0.2) is 58.6 Å². The molecule has 4 rings (SSSR count). The molecule has 1 aliphatic rings. The van der Waals surface area contributed by atoms with Gasteiger partial charge in [0.2, 0.25) is 5.91 Å². The summed E-state index contributed by atoms with van der Waals surface area (Å²) < 4.78 is 7.30. The van der Waals surface area contributed by atoms with E-state index in [1.165, 1.54) is 11.8 Å². The largest absolute Gasteiger partial charge is 0.378 e. The molecule has 3 aromatic rings. The lowest BCUT2D eigenvalue weighted by Gasteiger charge is -2.28. The van der Waals surface area contributed by atoms with Crippen molar-refractivity contribution in [2.24, 2.45) is 0 Å². The first-order valence-corrected chi connectivity index (χ1v) is 12.6. The Morgan fingerprint density at radius 3 is 2.57 bits per heavy atom. The molecule has 1 saturated heterocycles. The molecular formula is C25H30N6O3S. The number of rotatable bonds is 9. The van der Waals surface area contributed by atoms with Gasteiger partial charge in [0.25, 0.3) is 5.91 Å². The van der Waals surface area contributed by atoms with Crippen LogP contribution >= 0.6 is 11.8 Å². The van der Waals surface area contributed by atoms with Gasteiger partial charge in [0, 0.05) is 36.6 Å². The second-order valence-corrected chi connectivity index (χ2v) is 9.12. The molecule has 1 aromatic heterocycles. The maximum Gasteiger partial charge on any atom is 0.251 e. The molecule has 2 aromatic carbocycles. The number of aromatic nitrogens is 3. The number of carbonyl (C=O) groups excluding carboxylic acids is 2. The van der Waals surface area contributed by atoms with Crippen molar-refractivity contribution in [1.29, 1.82) is 0 Å². The number of benzene rings is 2. The van der Waals surface area contributed by atoms with Crippen molar-refractivity contribution in [3.8, 4) is 0 Å². The number of nitrogens with one attached hydrogen (secondary N) is 2. The zero-order valence-electron chi connectivity index (χ0n) is 20.0. The van der Waals surface area contributed by atoms with Crippen LogP contribution < -0.4 is 15.5 Å². The van der Waals surface area contributed by atoms with Gasteiger partial charge in [-0.25, -0.2) is 0 Å². The van der Waals surface area contributed by atoms with Gasteiger partial charge in [0.15, 0.2) is 11.0 Å². The Morgan fingerprint density at radius 2 is 1.86 bits per heavy atom. The number of hydrogen-bond acceptors (Lipinski definition) is 7. The molecule has 1 aliphatic heterocycles. The fourth-order valence-electron chi connectivity index (χ4n) is 3.83. The lowest BCUT2D eigenvalue weighted by Crippen LogP contribution is -2.36. The minimum atomic E-state index is -0.160. The van der Waals surface area contributed by atoms with Gasteiger partial charge < -0.3 is 24.8 Å². The average molecular weight is 495 g/mol. The molecule has 0 bridgehead atoms. The quantitative estimate of drug-likeness (QED) is 0.441. The topological polar surface area (TPSA) is 101 Å². The number of carbonyl (C=O) groups is 2. The summed E-state index contributed by atoms with van der Waals surface area (Å²) in [5.41, 5.74) is 3.51. The van der Waals surface area contributed by atoms with Crippen LogP contribution in [0.15, 0.2) is 53.7 Å². The summed E-state index contributed by atoms with van der Waals surface area (Å²) in [7, 11) is 0. The predicted octanol–water partition coefficient (Wildman–Crippen LogP) is 3.10. The van der Waals surface area contributed by atoms with E-state index < -0.39 is 0 Å². The Hall–Kier alpha value is -3.37. The molecule has 10 heteroatoms. The second-order valence-electron chi connectivity index (χ2n) is 8.18. The normalized spacial score (nSPS) is 13.5. The molecule has 2 amide bonds. The van der Waals surface area contributed by atoms with E-state index in [2.05, 4.69) is 25.7 Å². The summed E-state index contributed by atoms with van der Waals surface area (Å²) in [5.74, 6) is 0.579. The van der Waals surface area contributed by atoms with Gasteiger partial charge >= 0.3 is 0 Å². The van der Waals surface area contributed by atoms with Crippen molar-refractivity contribution in [2.45, 2.75) is 32.1 Å². The number of nitrogens with zero attached hydrogens (tertiary/aromatic N) is 4. The lowest BCUT2D eigenvalue weighted by atomic mass is 10.1. The molecule has 0 saturated carbocycles. The van der Waals surface area contributed by atoms with Crippen LogP contribution in [0.4, 0.5) is 11.4 Å². The highest BCUT2D eigenvalue weighted by atomic mass is 32.2. The molecule has 2 heterocycles. The number of anilines is 2. The van der Waals surface area contributed by atoms with E-state index in [0.29, 0.717) is 23.1 Å². The molecule has 2 N–H and O–H groups in total. The summed E-state index contributed by atoms with van der Waals surface area (Å²) in [4.78, 5) is 27.2. The van der Waals surface area contributed by atoms with Crippen LogP contribution in [0.3, 0.4) is 0 Å². The Morgan fingerprint density at radius 1 is 1.09 bits per heavy atom.